The average molecular weight is 195 g/mol. The van der Waals surface area contributed by atoms with E-state index in [0.29, 0.717) is 0 Å². The molecular formula is C8H9N3O3. The van der Waals surface area contributed by atoms with Gasteiger partial charge in [-0.3, -0.25) is 10.0 Å². The molecule has 1 aromatic rings. The zero-order valence-corrected chi connectivity index (χ0v) is 7.18. The van der Waals surface area contributed by atoms with E-state index in [1.807, 2.05) is 0 Å². The molecule has 6 heteroatoms. The number of benzene rings is 1. The first-order chi connectivity index (χ1) is 6.52. The van der Waals surface area contributed by atoms with Crippen LogP contribution in [0.2, 0.25) is 0 Å². The Morgan fingerprint density at radius 3 is 2.00 bits per heavy atom. The van der Waals surface area contributed by atoms with Crippen LogP contribution in [0.3, 0.4) is 0 Å². The highest BCUT2D eigenvalue weighted by molar-refractivity contribution is 5.94. The molecule has 0 saturated carbocycles. The third-order valence-electron chi connectivity index (χ3n) is 1.61. The number of nitrogens with two attached hydrogens (primary N) is 2. The zero-order valence-electron chi connectivity index (χ0n) is 7.18. The summed E-state index contributed by atoms with van der Waals surface area (Å²) in [4.78, 5) is 21.2. The molecule has 3 amide bonds. The van der Waals surface area contributed by atoms with Gasteiger partial charge in [-0.1, -0.05) is 0 Å². The summed E-state index contributed by atoms with van der Waals surface area (Å²) in [5.74, 6) is -0.583. The molecule has 0 spiro atoms. The number of primary amides is 2. The summed E-state index contributed by atoms with van der Waals surface area (Å²) < 4.78 is 0. The molecule has 0 aliphatic heterocycles. The first-order valence-electron chi connectivity index (χ1n) is 3.70. The van der Waals surface area contributed by atoms with Gasteiger partial charge in [0.25, 0.3) is 0 Å². The number of carbonyl (C=O) groups excluding carboxylic acids is 2. The fourth-order valence-corrected chi connectivity index (χ4v) is 0.894. The summed E-state index contributed by atoms with van der Waals surface area (Å²) >= 11 is 0. The highest BCUT2D eigenvalue weighted by atomic mass is 16.5. The second kappa shape index (κ2) is 3.75. The lowest BCUT2D eigenvalue weighted by Gasteiger charge is -2.11. The van der Waals surface area contributed by atoms with Crippen LogP contribution in [0.5, 0.6) is 0 Å². The summed E-state index contributed by atoms with van der Waals surface area (Å²) in [5, 5.41) is 9.34. The van der Waals surface area contributed by atoms with Gasteiger partial charge in [0.05, 0.1) is 5.69 Å². The van der Waals surface area contributed by atoms with E-state index in [9.17, 15) is 9.59 Å². The molecule has 5 N–H and O–H groups in total. The van der Waals surface area contributed by atoms with Gasteiger partial charge in [-0.25, -0.2) is 4.79 Å². The van der Waals surface area contributed by atoms with Crippen LogP contribution < -0.4 is 16.5 Å². The predicted octanol–water partition coefficient (Wildman–Crippen LogP) is 0.0598. The van der Waals surface area contributed by atoms with E-state index >= 15 is 0 Å². The van der Waals surface area contributed by atoms with Gasteiger partial charge >= 0.3 is 6.03 Å². The number of amides is 3. The van der Waals surface area contributed by atoms with Crippen molar-refractivity contribution in [1.82, 2.24) is 0 Å². The van der Waals surface area contributed by atoms with Gasteiger partial charge in [-0.05, 0) is 24.3 Å². The van der Waals surface area contributed by atoms with Crippen LogP contribution >= 0.6 is 0 Å². The molecule has 0 aliphatic carbocycles. The van der Waals surface area contributed by atoms with Gasteiger partial charge < -0.3 is 11.5 Å². The van der Waals surface area contributed by atoms with Crippen LogP contribution in [0.1, 0.15) is 10.4 Å². The van der Waals surface area contributed by atoms with Gasteiger partial charge in [0.2, 0.25) is 5.91 Å². The fourth-order valence-electron chi connectivity index (χ4n) is 0.894. The molecular weight excluding hydrogens is 186 g/mol. The lowest BCUT2D eigenvalue weighted by atomic mass is 10.2. The number of anilines is 1. The molecule has 0 bridgehead atoms. The van der Waals surface area contributed by atoms with Crippen LogP contribution in [-0.2, 0) is 0 Å². The minimum atomic E-state index is -1.00. The second-order valence-corrected chi connectivity index (χ2v) is 2.56. The van der Waals surface area contributed by atoms with Crippen LogP contribution in [0.25, 0.3) is 0 Å². The van der Waals surface area contributed by atoms with Crippen LogP contribution in [0.15, 0.2) is 24.3 Å². The van der Waals surface area contributed by atoms with E-state index in [2.05, 4.69) is 0 Å². The van der Waals surface area contributed by atoms with Crippen molar-refractivity contribution >= 4 is 17.6 Å². The quantitative estimate of drug-likeness (QED) is 0.458. The van der Waals surface area contributed by atoms with Crippen molar-refractivity contribution in [3.63, 3.8) is 0 Å². The highest BCUT2D eigenvalue weighted by Gasteiger charge is 2.08. The Hall–Kier alpha value is -2.08. The van der Waals surface area contributed by atoms with Gasteiger partial charge in [-0.15, -0.1) is 0 Å². The maximum Gasteiger partial charge on any atom is 0.343 e. The van der Waals surface area contributed by atoms with Crippen molar-refractivity contribution in [3.05, 3.63) is 29.8 Å². The van der Waals surface area contributed by atoms with Gasteiger partial charge in [0.15, 0.2) is 0 Å². The van der Waals surface area contributed by atoms with E-state index in [-0.39, 0.29) is 16.3 Å². The molecule has 1 aromatic carbocycles. The second-order valence-electron chi connectivity index (χ2n) is 2.56. The maximum atomic E-state index is 10.7. The summed E-state index contributed by atoms with van der Waals surface area (Å²) in [7, 11) is 0. The monoisotopic (exact) mass is 195 g/mol. The smallest absolute Gasteiger partial charge is 0.343 e. The Balaban J connectivity index is 2.94. The molecule has 0 heterocycles. The number of urea groups is 1. The number of hydrogen-bond acceptors (Lipinski definition) is 3. The molecule has 0 aromatic heterocycles. The minimum absolute atomic E-state index is 0.169. The average Bonchev–Trinajstić information content (AvgIpc) is 2.16. The standard InChI is InChI=1S/C8H9N3O3/c9-7(12)5-1-3-6(4-2-5)11(14)8(10)13/h1-4,14H,(H2,9,12)(H2,10,13). The maximum absolute atomic E-state index is 10.7. The predicted molar refractivity (Wildman–Crippen MR) is 48.8 cm³/mol. The minimum Gasteiger partial charge on any atom is -0.366 e. The van der Waals surface area contributed by atoms with Crippen LogP contribution in [-0.4, -0.2) is 17.1 Å². The van der Waals surface area contributed by atoms with Gasteiger partial charge in [-0.2, -0.15) is 5.06 Å². The number of hydrogen-bond donors (Lipinski definition) is 3. The Morgan fingerprint density at radius 1 is 1.14 bits per heavy atom. The molecule has 6 nitrogen and oxygen atoms in total. The van der Waals surface area contributed by atoms with Crippen molar-refractivity contribution in [2.75, 3.05) is 5.06 Å². The molecule has 1 rings (SSSR count). The van der Waals surface area contributed by atoms with E-state index in [1.54, 1.807) is 0 Å². The summed E-state index contributed by atoms with van der Waals surface area (Å²) in [5.41, 5.74) is 10.3. The van der Waals surface area contributed by atoms with Crippen LogP contribution in [0.4, 0.5) is 10.5 Å². The first kappa shape index (κ1) is 10.0. The number of carbonyl (C=O) groups is 2. The zero-order chi connectivity index (χ0) is 10.7. The van der Waals surface area contributed by atoms with Gasteiger partial charge in [0, 0.05) is 5.56 Å². The Labute approximate surface area is 79.7 Å². The molecule has 0 radical (unpaired) electrons. The van der Waals surface area contributed by atoms with Crippen LogP contribution in [0, 0.1) is 0 Å². The fraction of sp³-hybridized carbons (Fsp3) is 0. The van der Waals surface area contributed by atoms with Crippen molar-refractivity contribution in [1.29, 1.82) is 0 Å². The van der Waals surface area contributed by atoms with Crippen molar-refractivity contribution < 1.29 is 14.8 Å². The topological polar surface area (TPSA) is 110 Å². The third-order valence-corrected chi connectivity index (χ3v) is 1.61. The van der Waals surface area contributed by atoms with Crippen molar-refractivity contribution in [2.45, 2.75) is 0 Å². The molecule has 74 valence electrons. The normalized spacial score (nSPS) is 9.50. The third kappa shape index (κ3) is 1.99. The van der Waals surface area contributed by atoms with Crippen molar-refractivity contribution in [3.8, 4) is 0 Å². The lowest BCUT2D eigenvalue weighted by Crippen LogP contribution is -2.32. The molecule has 0 fully saturated rings. The number of hydroxylamine groups is 1. The summed E-state index contributed by atoms with van der Waals surface area (Å²) in [6.07, 6.45) is 0. The first-order valence-corrected chi connectivity index (χ1v) is 3.70. The molecule has 14 heavy (non-hydrogen) atoms. The largest absolute Gasteiger partial charge is 0.366 e. The molecule has 0 saturated heterocycles. The summed E-state index contributed by atoms with van der Waals surface area (Å²) in [6.45, 7) is 0. The highest BCUT2D eigenvalue weighted by Crippen LogP contribution is 2.12. The Morgan fingerprint density at radius 2 is 1.64 bits per heavy atom. The van der Waals surface area contributed by atoms with Crippen molar-refractivity contribution in [2.24, 2.45) is 11.5 Å². The number of nitrogens with zero attached hydrogens (tertiary/aromatic N) is 1. The van der Waals surface area contributed by atoms with E-state index in [0.717, 1.165) is 0 Å². The lowest BCUT2D eigenvalue weighted by molar-refractivity contribution is 0.100. The Kier molecular flexibility index (Phi) is 2.68. The van der Waals surface area contributed by atoms with Gasteiger partial charge in [0.1, 0.15) is 0 Å². The molecule has 0 atom stereocenters. The molecule has 0 aliphatic rings. The summed E-state index contributed by atoms with van der Waals surface area (Å²) in [6, 6.07) is 4.46. The SMILES string of the molecule is NC(=O)c1ccc(N(O)C(N)=O)cc1. The van der Waals surface area contributed by atoms with E-state index in [1.165, 1.54) is 24.3 Å². The van der Waals surface area contributed by atoms with E-state index in [4.69, 9.17) is 16.7 Å². The molecule has 0 unspecified atom stereocenters. The van der Waals surface area contributed by atoms with E-state index < -0.39 is 11.9 Å². The Bertz CT molecular complexity index is 361. The number of rotatable bonds is 2.